The second-order valence-electron chi connectivity index (χ2n) is 9.55. The first-order valence-corrected chi connectivity index (χ1v) is 13.5. The lowest BCUT2D eigenvalue weighted by Gasteiger charge is -2.25. The molecule has 10 heteroatoms. The van der Waals surface area contributed by atoms with E-state index in [4.69, 9.17) is 9.73 Å². The number of hydrogen-bond acceptors (Lipinski definition) is 7. The molecule has 1 aliphatic carbocycles. The first-order chi connectivity index (χ1) is 18.3. The summed E-state index contributed by atoms with van der Waals surface area (Å²) in [4.78, 5) is 49.7. The standard InChI is InChI=1S/C28H33N5O4S/c1-5-24-30-22-12-11-21(15-23(22)38-24)29-26(32(4)16-20-9-7-19(3)8-10-20)31-27(36)33(18-34)17-28(13-14-28)25(35)37-6-2/h7-12,15,18H,5-6,13-14,16-17H2,1-4H3,(H,29,31,36). The van der Waals surface area contributed by atoms with Crippen LogP contribution in [-0.2, 0) is 27.3 Å². The molecule has 1 saturated carbocycles. The van der Waals surface area contributed by atoms with E-state index in [1.54, 1.807) is 18.3 Å². The molecule has 0 bridgehead atoms. The largest absolute Gasteiger partial charge is 0.466 e. The molecule has 0 unspecified atom stereocenters. The molecule has 0 aliphatic heterocycles. The first kappa shape index (κ1) is 27.3. The summed E-state index contributed by atoms with van der Waals surface area (Å²) in [5, 5.41) is 3.85. The zero-order valence-corrected chi connectivity index (χ0v) is 23.0. The van der Waals surface area contributed by atoms with E-state index in [2.05, 4.69) is 17.2 Å². The highest BCUT2D eigenvalue weighted by Crippen LogP contribution is 2.47. The number of aryl methyl sites for hydroxylation is 2. The van der Waals surface area contributed by atoms with E-state index in [1.807, 2.05) is 61.3 Å². The van der Waals surface area contributed by atoms with Crippen LogP contribution < -0.4 is 5.32 Å². The van der Waals surface area contributed by atoms with Crippen LogP contribution in [0.1, 0.15) is 42.8 Å². The van der Waals surface area contributed by atoms with Gasteiger partial charge in [0.1, 0.15) is 0 Å². The number of rotatable bonds is 9. The van der Waals surface area contributed by atoms with Gasteiger partial charge in [-0.05, 0) is 56.9 Å². The monoisotopic (exact) mass is 535 g/mol. The highest BCUT2D eigenvalue weighted by Gasteiger charge is 2.53. The minimum absolute atomic E-state index is 0.0389. The third-order valence-corrected chi connectivity index (χ3v) is 7.66. The van der Waals surface area contributed by atoms with Gasteiger partial charge in [-0.3, -0.25) is 19.8 Å². The molecule has 38 heavy (non-hydrogen) atoms. The van der Waals surface area contributed by atoms with E-state index in [0.717, 1.165) is 37.7 Å². The van der Waals surface area contributed by atoms with E-state index < -0.39 is 11.4 Å². The molecule has 0 spiro atoms. The minimum atomic E-state index is -0.826. The number of aliphatic imine (C=N–C) groups is 1. The minimum Gasteiger partial charge on any atom is -0.466 e. The molecule has 0 saturated heterocycles. The lowest BCUT2D eigenvalue weighted by molar-refractivity contribution is -0.150. The summed E-state index contributed by atoms with van der Waals surface area (Å²) in [5.74, 6) is -0.0997. The zero-order chi connectivity index (χ0) is 27.3. The molecule has 1 N–H and O–H groups in total. The molecular weight excluding hydrogens is 502 g/mol. The highest BCUT2D eigenvalue weighted by molar-refractivity contribution is 7.18. The summed E-state index contributed by atoms with van der Waals surface area (Å²) in [5.41, 5.74) is 2.92. The predicted octanol–water partition coefficient (Wildman–Crippen LogP) is 4.80. The lowest BCUT2D eigenvalue weighted by atomic mass is 10.1. The Kier molecular flexibility index (Phi) is 8.41. The van der Waals surface area contributed by atoms with Crippen molar-refractivity contribution in [3.05, 3.63) is 58.6 Å². The van der Waals surface area contributed by atoms with Gasteiger partial charge in [-0.25, -0.2) is 14.8 Å². The molecule has 1 heterocycles. The maximum atomic E-state index is 13.2. The van der Waals surface area contributed by atoms with E-state index in [1.165, 1.54) is 0 Å². The van der Waals surface area contributed by atoms with Gasteiger partial charge in [-0.15, -0.1) is 11.3 Å². The van der Waals surface area contributed by atoms with Crippen LogP contribution in [0.2, 0.25) is 0 Å². The van der Waals surface area contributed by atoms with E-state index in [9.17, 15) is 14.4 Å². The average molecular weight is 536 g/mol. The van der Waals surface area contributed by atoms with Gasteiger partial charge in [-0.2, -0.15) is 0 Å². The Morgan fingerprint density at radius 1 is 1.18 bits per heavy atom. The fourth-order valence-corrected chi connectivity index (χ4v) is 5.01. The van der Waals surface area contributed by atoms with Crippen LogP contribution in [0.5, 0.6) is 0 Å². The maximum Gasteiger partial charge on any atom is 0.330 e. The smallest absolute Gasteiger partial charge is 0.330 e. The number of carbonyl (C=O) groups is 3. The Hall–Kier alpha value is -3.79. The molecule has 1 aliphatic rings. The maximum absolute atomic E-state index is 13.2. The quantitative estimate of drug-likeness (QED) is 0.183. The van der Waals surface area contributed by atoms with Crippen LogP contribution in [0.4, 0.5) is 10.5 Å². The number of hydrogen-bond donors (Lipinski definition) is 1. The number of esters is 1. The third-order valence-electron chi connectivity index (χ3n) is 6.50. The second kappa shape index (κ2) is 11.7. The number of guanidine groups is 1. The van der Waals surface area contributed by atoms with Crippen molar-refractivity contribution < 1.29 is 19.1 Å². The van der Waals surface area contributed by atoms with Crippen molar-refractivity contribution in [2.75, 3.05) is 20.2 Å². The van der Waals surface area contributed by atoms with Gasteiger partial charge >= 0.3 is 12.0 Å². The number of aromatic nitrogens is 1. The van der Waals surface area contributed by atoms with Crippen molar-refractivity contribution in [1.29, 1.82) is 0 Å². The van der Waals surface area contributed by atoms with Crippen LogP contribution in [-0.4, -0.2) is 59.4 Å². The van der Waals surface area contributed by atoms with Crippen LogP contribution in [0, 0.1) is 12.3 Å². The topological polar surface area (TPSA) is 104 Å². The van der Waals surface area contributed by atoms with Gasteiger partial charge in [0, 0.05) is 20.1 Å². The van der Waals surface area contributed by atoms with Gasteiger partial charge in [-0.1, -0.05) is 36.8 Å². The summed E-state index contributed by atoms with van der Waals surface area (Å²) < 4.78 is 6.17. The fourth-order valence-electron chi connectivity index (χ4n) is 4.07. The molecule has 0 radical (unpaired) electrons. The summed E-state index contributed by atoms with van der Waals surface area (Å²) in [6.45, 7) is 6.52. The summed E-state index contributed by atoms with van der Waals surface area (Å²) in [6.07, 6.45) is 2.45. The van der Waals surface area contributed by atoms with E-state index in [-0.39, 0.29) is 25.1 Å². The van der Waals surface area contributed by atoms with Crippen molar-refractivity contribution in [3.63, 3.8) is 0 Å². The summed E-state index contributed by atoms with van der Waals surface area (Å²) in [7, 11) is 1.83. The van der Waals surface area contributed by atoms with E-state index in [0.29, 0.717) is 31.5 Å². The van der Waals surface area contributed by atoms with E-state index >= 15 is 0 Å². The molecule has 1 aromatic heterocycles. The van der Waals surface area contributed by atoms with Crippen molar-refractivity contribution in [2.45, 2.75) is 46.6 Å². The molecule has 0 atom stereocenters. The Bertz CT molecular complexity index is 1350. The Balaban J connectivity index is 1.59. The fraction of sp³-hybridized carbons (Fsp3) is 0.393. The SMILES string of the molecule is CCOC(=O)C1(CN(C=O)C(=O)NC(=Nc2ccc3nc(CC)sc3c2)N(C)Cc2ccc(C)cc2)CC1. The van der Waals surface area contributed by atoms with Gasteiger partial charge in [0.15, 0.2) is 0 Å². The van der Waals surface area contributed by atoms with Gasteiger partial charge in [0.05, 0.1) is 32.9 Å². The molecule has 1 fully saturated rings. The third kappa shape index (κ3) is 6.36. The Morgan fingerprint density at radius 2 is 1.92 bits per heavy atom. The average Bonchev–Trinajstić information content (AvgIpc) is 3.58. The molecule has 4 rings (SSSR count). The number of amides is 3. The number of ether oxygens (including phenoxy) is 1. The summed E-state index contributed by atoms with van der Waals surface area (Å²) in [6, 6.07) is 13.2. The highest BCUT2D eigenvalue weighted by atomic mass is 32.1. The number of thiazole rings is 1. The number of imide groups is 1. The summed E-state index contributed by atoms with van der Waals surface area (Å²) >= 11 is 1.61. The van der Waals surface area contributed by atoms with Crippen molar-refractivity contribution in [1.82, 2.24) is 20.1 Å². The molecule has 3 amide bonds. The van der Waals surface area contributed by atoms with Gasteiger partial charge in [0.25, 0.3) is 0 Å². The lowest BCUT2D eigenvalue weighted by Crippen LogP contribution is -2.49. The van der Waals surface area contributed by atoms with Gasteiger partial charge in [0.2, 0.25) is 12.4 Å². The number of nitrogens with one attached hydrogen (secondary N) is 1. The van der Waals surface area contributed by atoms with Crippen LogP contribution in [0.3, 0.4) is 0 Å². The van der Waals surface area contributed by atoms with Gasteiger partial charge < -0.3 is 9.64 Å². The number of nitrogens with zero attached hydrogens (tertiary/aromatic N) is 4. The number of carbonyl (C=O) groups excluding carboxylic acids is 3. The number of urea groups is 1. The molecule has 3 aromatic rings. The molecule has 200 valence electrons. The molecule has 2 aromatic carbocycles. The van der Waals surface area contributed by atoms with Crippen LogP contribution >= 0.6 is 11.3 Å². The van der Waals surface area contributed by atoms with Crippen molar-refractivity contribution >= 4 is 51.6 Å². The number of fused-ring (bicyclic) bond motifs is 1. The van der Waals surface area contributed by atoms with Crippen molar-refractivity contribution in [3.8, 4) is 0 Å². The van der Waals surface area contributed by atoms with Crippen molar-refractivity contribution in [2.24, 2.45) is 10.4 Å². The van der Waals surface area contributed by atoms with Crippen LogP contribution in [0.15, 0.2) is 47.5 Å². The van der Waals surface area contributed by atoms with Crippen LogP contribution in [0.25, 0.3) is 10.2 Å². The molecular formula is C28H33N5O4S. The number of benzene rings is 2. The Labute approximate surface area is 226 Å². The first-order valence-electron chi connectivity index (χ1n) is 12.7. The second-order valence-corrected chi connectivity index (χ2v) is 10.7. The molecule has 9 nitrogen and oxygen atoms in total. The predicted molar refractivity (Wildman–Crippen MR) is 148 cm³/mol. The zero-order valence-electron chi connectivity index (χ0n) is 22.2. The Morgan fingerprint density at radius 3 is 2.55 bits per heavy atom. The normalized spacial score (nSPS) is 14.2.